The van der Waals surface area contributed by atoms with E-state index in [0.717, 1.165) is 0 Å². The molecule has 2 N–H and O–H groups in total. The molecule has 0 heterocycles. The molecule has 0 spiro atoms. The Bertz CT molecular complexity index is 1190. The van der Waals surface area contributed by atoms with E-state index in [1.165, 1.54) is 24.3 Å². The molecule has 0 fully saturated rings. The molecule has 0 atom stereocenters. The van der Waals surface area contributed by atoms with E-state index in [1.807, 2.05) is 52.0 Å². The van der Waals surface area contributed by atoms with Gasteiger partial charge < -0.3 is 0 Å². The monoisotopic (exact) mass is 546 g/mol. The van der Waals surface area contributed by atoms with Crippen molar-refractivity contribution < 1.29 is 34.2 Å². The summed E-state index contributed by atoms with van der Waals surface area (Å²) in [6.45, 7) is 8.91. The van der Waals surface area contributed by atoms with Gasteiger partial charge in [-0.15, -0.1) is 0 Å². The molecule has 0 aliphatic heterocycles. The van der Waals surface area contributed by atoms with Crippen LogP contribution in [0.5, 0.6) is 0 Å². The molecule has 4 rings (SSSR count). The van der Waals surface area contributed by atoms with E-state index in [0.29, 0.717) is 33.7 Å². The third-order valence-corrected chi connectivity index (χ3v) is 14.8. The molecule has 0 saturated carbocycles. The number of hydrogen-bond acceptors (Lipinski definition) is 2. The van der Waals surface area contributed by atoms with E-state index in [-0.39, 0.29) is 30.9 Å². The van der Waals surface area contributed by atoms with Crippen molar-refractivity contribution in [3.05, 3.63) is 91.7 Å². The van der Waals surface area contributed by atoms with Crippen molar-refractivity contribution in [2.75, 3.05) is 23.7 Å². The fourth-order valence-corrected chi connectivity index (χ4v) is 13.4. The molecule has 7 heteroatoms. The molecule has 196 valence electrons. The molecule has 0 saturated heterocycles. The van der Waals surface area contributed by atoms with Gasteiger partial charge in [0.25, 0.3) is 0 Å². The van der Waals surface area contributed by atoms with E-state index >= 15 is 17.6 Å². The average Bonchev–Trinajstić information content (AvgIpc) is 3.57. The van der Waals surface area contributed by atoms with Gasteiger partial charge in [-0.25, -0.2) is 0 Å². The third-order valence-electron chi connectivity index (χ3n) is 6.84. The van der Waals surface area contributed by atoms with Gasteiger partial charge in [0.1, 0.15) is 0 Å². The first-order chi connectivity index (χ1) is 17.7. The molecule has 37 heavy (non-hydrogen) atoms. The molecule has 0 bridgehead atoms. The second kappa shape index (κ2) is 11.4. The summed E-state index contributed by atoms with van der Waals surface area (Å²) in [7, 11) is 0. The zero-order valence-electron chi connectivity index (χ0n) is 21.8. The normalized spacial score (nSPS) is 15.1. The van der Waals surface area contributed by atoms with Crippen LogP contribution in [0.3, 0.4) is 0 Å². The quantitative estimate of drug-likeness (QED) is 0.244. The summed E-state index contributed by atoms with van der Waals surface area (Å²) in [6.07, 6.45) is 11.8. The number of benzene rings is 2. The third kappa shape index (κ3) is 5.24. The molecule has 2 aromatic rings. The van der Waals surface area contributed by atoms with Gasteiger partial charge in [0.15, 0.2) is 0 Å². The van der Waals surface area contributed by atoms with Gasteiger partial charge in [-0.2, -0.15) is 0 Å². The van der Waals surface area contributed by atoms with E-state index in [2.05, 4.69) is 10.6 Å². The Balaban J connectivity index is 2.07. The second-order valence-corrected chi connectivity index (χ2v) is 16.4. The van der Waals surface area contributed by atoms with Gasteiger partial charge in [-0.1, -0.05) is 0 Å². The molecule has 0 amide bonds. The van der Waals surface area contributed by atoms with Crippen LogP contribution in [-0.4, -0.2) is 13.1 Å². The molecule has 2 aliphatic rings. The molecule has 0 aromatic heterocycles. The molecule has 2 aromatic carbocycles. The van der Waals surface area contributed by atoms with Crippen molar-refractivity contribution in [1.29, 1.82) is 0 Å². The summed E-state index contributed by atoms with van der Waals surface area (Å²) in [6, 6.07) is 5.20. The van der Waals surface area contributed by atoms with Crippen LogP contribution in [0.2, 0.25) is 0 Å². The average molecular weight is 546 g/mol. The number of hydrogen-bond donors (Lipinski definition) is 2. The summed E-state index contributed by atoms with van der Waals surface area (Å²) in [5, 5.41) is 6.15. The molecular formula is C30H34F4N2Ti. The summed E-state index contributed by atoms with van der Waals surface area (Å²) in [5.41, 5.74) is 0.293. The van der Waals surface area contributed by atoms with Crippen LogP contribution in [0.1, 0.15) is 40.5 Å². The van der Waals surface area contributed by atoms with Gasteiger partial charge >= 0.3 is 221 Å². The Kier molecular flexibility index (Phi) is 8.50. The van der Waals surface area contributed by atoms with Gasteiger partial charge in [0.05, 0.1) is 0 Å². The summed E-state index contributed by atoms with van der Waals surface area (Å²) >= 11 is -4.79. The first kappa shape index (κ1) is 27.5. The van der Waals surface area contributed by atoms with E-state index < -0.39 is 39.9 Å². The minimum atomic E-state index is -4.79. The van der Waals surface area contributed by atoms with Crippen LogP contribution < -0.4 is 18.4 Å². The fourth-order valence-electron chi connectivity index (χ4n) is 5.12. The molecule has 2 aliphatic carbocycles. The first-order valence-corrected chi connectivity index (χ1v) is 16.0. The van der Waals surface area contributed by atoms with Crippen molar-refractivity contribution in [1.82, 2.24) is 0 Å². The maximum absolute atomic E-state index is 16.5. The fraction of sp³-hybridized carbons (Fsp3) is 0.333. The van der Waals surface area contributed by atoms with Gasteiger partial charge in [-0.3, -0.25) is 0 Å². The number of allylic oxidation sites excluding steroid dienone is 8. The Hall–Kier alpha value is -2.57. The Morgan fingerprint density at radius 2 is 1.08 bits per heavy atom. The van der Waals surface area contributed by atoms with Gasteiger partial charge in [-0.05, 0) is 0 Å². The zero-order valence-corrected chi connectivity index (χ0v) is 23.3. The van der Waals surface area contributed by atoms with E-state index in [9.17, 15) is 0 Å². The van der Waals surface area contributed by atoms with Crippen LogP contribution in [0.4, 0.5) is 28.9 Å². The van der Waals surface area contributed by atoms with Crippen molar-refractivity contribution >= 4 is 19.1 Å². The SMILES string of the molecule is CC(C)CNc1ccc(F)[c]([Ti]([C]2=CC=CC2)([C]2=CC=CC2)[c]2c(F)ccc(NCC(C)C)c2F)c1F. The molecular weight excluding hydrogens is 512 g/mol. The van der Waals surface area contributed by atoms with E-state index in [4.69, 9.17) is 0 Å². The van der Waals surface area contributed by atoms with Crippen LogP contribution >= 0.6 is 0 Å². The topological polar surface area (TPSA) is 24.1 Å². The molecule has 2 nitrogen and oxygen atoms in total. The summed E-state index contributed by atoms with van der Waals surface area (Å²) < 4.78 is 65.9. The number of rotatable bonds is 10. The predicted octanol–water partition coefficient (Wildman–Crippen LogP) is 7.17. The molecule has 0 unspecified atom stereocenters. The minimum absolute atomic E-state index is 0.146. The van der Waals surface area contributed by atoms with Crippen LogP contribution in [0, 0.1) is 35.1 Å². The Morgan fingerprint density at radius 3 is 1.41 bits per heavy atom. The number of nitrogens with one attached hydrogen (secondary N) is 2. The second-order valence-electron chi connectivity index (χ2n) is 10.5. The summed E-state index contributed by atoms with van der Waals surface area (Å²) in [4.78, 5) is 0. The maximum atomic E-state index is 16.5. The Labute approximate surface area is 220 Å². The standard InChI is InChI=1S/2C10H12F2N.2C5H5.Ti/c2*1-7(2)6-13-10-4-3-8(11)5-9(10)12;2*1-2-4-5-3-1;/h2*3-4,7,13H,6H2,1-2H3;2*1-3H,4H2;. The Morgan fingerprint density at radius 1 is 0.676 bits per heavy atom. The van der Waals surface area contributed by atoms with Crippen LogP contribution in [-0.2, 0) is 16.6 Å². The van der Waals surface area contributed by atoms with Gasteiger partial charge in [0.2, 0.25) is 0 Å². The molecule has 0 radical (unpaired) electrons. The number of halogens is 4. The van der Waals surface area contributed by atoms with E-state index in [1.54, 1.807) is 12.2 Å². The predicted molar refractivity (Wildman–Crippen MR) is 142 cm³/mol. The summed E-state index contributed by atoms with van der Waals surface area (Å²) in [5.74, 6) is -2.62. The number of anilines is 2. The zero-order chi connectivity index (χ0) is 26.7. The van der Waals surface area contributed by atoms with Crippen molar-refractivity contribution in [3.63, 3.8) is 0 Å². The van der Waals surface area contributed by atoms with Crippen molar-refractivity contribution in [3.8, 4) is 0 Å². The van der Waals surface area contributed by atoms with Gasteiger partial charge in [0, 0.05) is 0 Å². The van der Waals surface area contributed by atoms with Crippen molar-refractivity contribution in [2.45, 2.75) is 40.5 Å². The van der Waals surface area contributed by atoms with Crippen LogP contribution in [0.15, 0.2) is 68.5 Å². The van der Waals surface area contributed by atoms with Crippen LogP contribution in [0.25, 0.3) is 0 Å². The first-order valence-electron chi connectivity index (χ1n) is 12.8. The van der Waals surface area contributed by atoms with Crippen molar-refractivity contribution in [2.24, 2.45) is 11.8 Å².